The molecule has 0 spiro atoms. The molecule has 1 N–H and O–H groups in total. The molecule has 0 unspecified atom stereocenters. The highest BCUT2D eigenvalue weighted by molar-refractivity contribution is 8.01. The Morgan fingerprint density at radius 1 is 1.43 bits per heavy atom. The van der Waals surface area contributed by atoms with E-state index in [0.29, 0.717) is 0 Å². The van der Waals surface area contributed by atoms with Crippen LogP contribution in [0.1, 0.15) is 30.7 Å². The van der Waals surface area contributed by atoms with E-state index >= 15 is 0 Å². The van der Waals surface area contributed by atoms with Crippen LogP contribution in [-0.4, -0.2) is 26.7 Å². The highest BCUT2D eigenvalue weighted by Gasteiger charge is 2.31. The van der Waals surface area contributed by atoms with Gasteiger partial charge in [0.15, 0.2) is 4.34 Å². The Balaban J connectivity index is 1.87. The minimum Gasteiger partial charge on any atom is -0.389 e. The normalized spacial score (nSPS) is 20.1. The van der Waals surface area contributed by atoms with Gasteiger partial charge in [0.25, 0.3) is 0 Å². The molecule has 0 amide bonds. The van der Waals surface area contributed by atoms with Gasteiger partial charge < -0.3 is 5.11 Å². The molecule has 0 saturated heterocycles. The quantitative estimate of drug-likeness (QED) is 0.809. The summed E-state index contributed by atoms with van der Waals surface area (Å²) >= 11 is 3.23. The Hall–Kier alpha value is -0.130. The fourth-order valence-electron chi connectivity index (χ4n) is 1.71. The lowest BCUT2D eigenvalue weighted by Gasteiger charge is -2.20. The van der Waals surface area contributed by atoms with Gasteiger partial charge in [-0.3, -0.25) is 0 Å². The monoisotopic (exact) mass is 230 g/mol. The number of hydrogen-bond donors (Lipinski definition) is 1. The first-order chi connectivity index (χ1) is 6.68. The number of thioether (sulfide) groups is 1. The van der Waals surface area contributed by atoms with Crippen LogP contribution in [0.5, 0.6) is 0 Å². The van der Waals surface area contributed by atoms with Gasteiger partial charge in [0.2, 0.25) is 0 Å². The highest BCUT2D eigenvalue weighted by Crippen LogP contribution is 2.35. The molecular weight excluding hydrogens is 216 g/mol. The smallest absolute Gasteiger partial charge is 0.174 e. The van der Waals surface area contributed by atoms with Crippen LogP contribution in [0, 0.1) is 6.92 Å². The van der Waals surface area contributed by atoms with E-state index < -0.39 is 5.60 Å². The first kappa shape index (κ1) is 10.4. The van der Waals surface area contributed by atoms with E-state index in [1.807, 2.05) is 6.92 Å². The summed E-state index contributed by atoms with van der Waals surface area (Å²) in [5, 5.41) is 19.1. The third-order valence-electron chi connectivity index (χ3n) is 2.51. The first-order valence-corrected chi connectivity index (χ1v) is 6.63. The summed E-state index contributed by atoms with van der Waals surface area (Å²) in [5.41, 5.74) is -0.440. The molecule has 14 heavy (non-hydrogen) atoms. The number of aryl methyl sites for hydroxylation is 1. The second kappa shape index (κ2) is 4.16. The summed E-state index contributed by atoms with van der Waals surface area (Å²) in [4.78, 5) is 0. The Bertz CT molecular complexity index is 308. The van der Waals surface area contributed by atoms with Crippen LogP contribution in [0.25, 0.3) is 0 Å². The van der Waals surface area contributed by atoms with Gasteiger partial charge in [0.1, 0.15) is 5.01 Å². The molecule has 1 aromatic heterocycles. The lowest BCUT2D eigenvalue weighted by Crippen LogP contribution is -2.26. The number of aromatic nitrogens is 2. The van der Waals surface area contributed by atoms with Crippen LogP contribution >= 0.6 is 23.1 Å². The van der Waals surface area contributed by atoms with Gasteiger partial charge in [0, 0.05) is 5.75 Å². The molecule has 1 aliphatic carbocycles. The molecule has 1 aromatic rings. The fraction of sp³-hybridized carbons (Fsp3) is 0.778. The van der Waals surface area contributed by atoms with Gasteiger partial charge in [-0.15, -0.1) is 10.2 Å². The predicted molar refractivity (Wildman–Crippen MR) is 58.8 cm³/mol. The highest BCUT2D eigenvalue weighted by atomic mass is 32.2. The van der Waals surface area contributed by atoms with Crippen molar-refractivity contribution in [1.82, 2.24) is 10.2 Å². The zero-order chi connectivity index (χ0) is 10.0. The first-order valence-electron chi connectivity index (χ1n) is 4.83. The number of nitrogens with zero attached hydrogens (tertiary/aromatic N) is 2. The molecule has 2 rings (SSSR count). The van der Waals surface area contributed by atoms with Crippen molar-refractivity contribution in [3.8, 4) is 0 Å². The molecule has 5 heteroatoms. The van der Waals surface area contributed by atoms with Crippen LogP contribution < -0.4 is 0 Å². The third-order valence-corrected chi connectivity index (χ3v) is 4.75. The van der Waals surface area contributed by atoms with E-state index in [4.69, 9.17) is 0 Å². The van der Waals surface area contributed by atoms with Crippen LogP contribution in [0.15, 0.2) is 4.34 Å². The standard InChI is InChI=1S/C9H14N2OS2/c1-7-10-11-8(14-7)13-6-9(12)4-2-3-5-9/h12H,2-6H2,1H3. The fourth-order valence-corrected chi connectivity index (χ4v) is 3.68. The summed E-state index contributed by atoms with van der Waals surface area (Å²) in [6, 6.07) is 0. The largest absolute Gasteiger partial charge is 0.389 e. The Labute approximate surface area is 91.9 Å². The Morgan fingerprint density at radius 3 is 2.71 bits per heavy atom. The summed E-state index contributed by atoms with van der Waals surface area (Å²) < 4.78 is 0.975. The second-order valence-electron chi connectivity index (χ2n) is 3.81. The third kappa shape index (κ3) is 2.46. The van der Waals surface area contributed by atoms with E-state index in [1.54, 1.807) is 23.1 Å². The molecular formula is C9H14N2OS2. The van der Waals surface area contributed by atoms with Crippen LogP contribution in [-0.2, 0) is 0 Å². The van der Waals surface area contributed by atoms with Crippen LogP contribution in [0.3, 0.4) is 0 Å². The van der Waals surface area contributed by atoms with Gasteiger partial charge >= 0.3 is 0 Å². The molecule has 0 bridgehead atoms. The molecule has 3 nitrogen and oxygen atoms in total. The second-order valence-corrected chi connectivity index (χ2v) is 6.21. The molecule has 0 radical (unpaired) electrons. The Morgan fingerprint density at radius 2 is 2.14 bits per heavy atom. The van der Waals surface area contributed by atoms with Crippen molar-refractivity contribution >= 4 is 23.1 Å². The molecule has 1 fully saturated rings. The van der Waals surface area contributed by atoms with Gasteiger partial charge in [0.05, 0.1) is 5.60 Å². The maximum atomic E-state index is 10.1. The van der Waals surface area contributed by atoms with Crippen molar-refractivity contribution in [1.29, 1.82) is 0 Å². The van der Waals surface area contributed by atoms with Crippen molar-refractivity contribution in [3.63, 3.8) is 0 Å². The number of aliphatic hydroxyl groups is 1. The lowest BCUT2D eigenvalue weighted by molar-refractivity contribution is 0.0732. The topological polar surface area (TPSA) is 46.0 Å². The van der Waals surface area contributed by atoms with E-state index in [0.717, 1.165) is 40.8 Å². The molecule has 0 aromatic carbocycles. The minimum atomic E-state index is -0.440. The maximum Gasteiger partial charge on any atom is 0.174 e. The molecule has 1 saturated carbocycles. The molecule has 78 valence electrons. The van der Waals surface area contributed by atoms with E-state index in [9.17, 15) is 5.11 Å². The van der Waals surface area contributed by atoms with Gasteiger partial charge in [-0.1, -0.05) is 35.9 Å². The van der Waals surface area contributed by atoms with Crippen molar-refractivity contribution in [3.05, 3.63) is 5.01 Å². The number of hydrogen-bond acceptors (Lipinski definition) is 5. The SMILES string of the molecule is Cc1nnc(SCC2(O)CCCC2)s1. The van der Waals surface area contributed by atoms with Crippen molar-refractivity contribution in [2.45, 2.75) is 42.5 Å². The lowest BCUT2D eigenvalue weighted by atomic mass is 10.1. The van der Waals surface area contributed by atoms with Crippen LogP contribution in [0.2, 0.25) is 0 Å². The van der Waals surface area contributed by atoms with Crippen molar-refractivity contribution < 1.29 is 5.11 Å². The van der Waals surface area contributed by atoms with E-state index in [2.05, 4.69) is 10.2 Å². The molecule has 1 aliphatic rings. The maximum absolute atomic E-state index is 10.1. The average Bonchev–Trinajstić information content (AvgIpc) is 2.73. The summed E-state index contributed by atoms with van der Waals surface area (Å²) in [5.74, 6) is 0.766. The molecule has 1 heterocycles. The zero-order valence-corrected chi connectivity index (χ0v) is 9.83. The van der Waals surface area contributed by atoms with Crippen molar-refractivity contribution in [2.75, 3.05) is 5.75 Å². The Kier molecular flexibility index (Phi) is 3.09. The summed E-state index contributed by atoms with van der Waals surface area (Å²) in [7, 11) is 0. The predicted octanol–water partition coefficient (Wildman–Crippen LogP) is 2.24. The molecule has 0 aliphatic heterocycles. The van der Waals surface area contributed by atoms with Crippen molar-refractivity contribution in [2.24, 2.45) is 0 Å². The molecule has 0 atom stereocenters. The van der Waals surface area contributed by atoms with Gasteiger partial charge in [-0.05, 0) is 19.8 Å². The number of rotatable bonds is 3. The van der Waals surface area contributed by atoms with Gasteiger partial charge in [-0.2, -0.15) is 0 Å². The zero-order valence-electron chi connectivity index (χ0n) is 8.19. The van der Waals surface area contributed by atoms with E-state index in [-0.39, 0.29) is 0 Å². The summed E-state index contributed by atoms with van der Waals surface area (Å²) in [6.45, 7) is 1.95. The minimum absolute atomic E-state index is 0.440. The van der Waals surface area contributed by atoms with E-state index in [1.165, 1.54) is 0 Å². The van der Waals surface area contributed by atoms with Gasteiger partial charge in [-0.25, -0.2) is 0 Å². The average molecular weight is 230 g/mol. The van der Waals surface area contributed by atoms with Crippen LogP contribution in [0.4, 0.5) is 0 Å². The summed E-state index contributed by atoms with van der Waals surface area (Å²) in [6.07, 6.45) is 4.20.